The van der Waals surface area contributed by atoms with E-state index in [0.29, 0.717) is 11.4 Å². The lowest BCUT2D eigenvalue weighted by molar-refractivity contribution is -0.137. The topological polar surface area (TPSA) is 32.3 Å². The highest BCUT2D eigenvalue weighted by Crippen LogP contribution is 2.41. The summed E-state index contributed by atoms with van der Waals surface area (Å²) >= 11 is 6.07. The quantitative estimate of drug-likeness (QED) is 0.416. The van der Waals surface area contributed by atoms with E-state index in [4.69, 9.17) is 0 Å². The molecule has 0 unspecified atom stereocenters. The van der Waals surface area contributed by atoms with Crippen molar-refractivity contribution in [2.45, 2.75) is 17.6 Å². The second-order valence-corrected chi connectivity index (χ2v) is 8.76. The maximum Gasteiger partial charge on any atom is 0.416 e. The van der Waals surface area contributed by atoms with Gasteiger partial charge in [-0.1, -0.05) is 24.3 Å². The Hall–Kier alpha value is -1.48. The number of nitrogens with one attached hydrogen (secondary N) is 1. The summed E-state index contributed by atoms with van der Waals surface area (Å²) in [6.07, 6.45) is -4.33. The van der Waals surface area contributed by atoms with Gasteiger partial charge in [0.25, 0.3) is 0 Å². The van der Waals surface area contributed by atoms with Crippen molar-refractivity contribution in [2.24, 2.45) is 0 Å². The number of benzene rings is 2. The van der Waals surface area contributed by atoms with E-state index in [-0.39, 0.29) is 5.75 Å². The minimum Gasteiger partial charge on any atom is -0.506 e. The maximum atomic E-state index is 12.6. The van der Waals surface area contributed by atoms with Crippen molar-refractivity contribution < 1.29 is 18.3 Å². The SMILES string of the molecule is Oc1cc(Br)sc1-c1ccccc1CNSc1ccc(C(F)(F)F)cc1. The second-order valence-electron chi connectivity index (χ2n) is 5.37. The average Bonchev–Trinajstić information content (AvgIpc) is 2.93. The Morgan fingerprint density at radius 1 is 1.08 bits per heavy atom. The van der Waals surface area contributed by atoms with E-state index in [9.17, 15) is 18.3 Å². The predicted octanol–water partition coefficient (Wildman–Crippen LogP) is 6.70. The lowest BCUT2D eigenvalue weighted by Gasteiger charge is -2.10. The molecule has 136 valence electrons. The molecule has 0 aliphatic rings. The fourth-order valence-corrected chi connectivity index (χ4v) is 4.56. The van der Waals surface area contributed by atoms with E-state index in [1.165, 1.54) is 35.4 Å². The van der Waals surface area contributed by atoms with Crippen LogP contribution in [0.15, 0.2) is 63.3 Å². The first kappa shape index (κ1) is 19.3. The number of thiophene rings is 1. The van der Waals surface area contributed by atoms with E-state index < -0.39 is 11.7 Å². The highest BCUT2D eigenvalue weighted by molar-refractivity contribution is 9.11. The van der Waals surface area contributed by atoms with Gasteiger partial charge in [-0.3, -0.25) is 4.72 Å². The van der Waals surface area contributed by atoms with Crippen molar-refractivity contribution in [1.29, 1.82) is 0 Å². The molecule has 2 N–H and O–H groups in total. The van der Waals surface area contributed by atoms with Crippen LogP contribution in [0.25, 0.3) is 10.4 Å². The van der Waals surface area contributed by atoms with Crippen LogP contribution in [0, 0.1) is 0 Å². The van der Waals surface area contributed by atoms with E-state index in [1.54, 1.807) is 6.07 Å². The first-order chi connectivity index (χ1) is 12.3. The van der Waals surface area contributed by atoms with Gasteiger partial charge in [0.05, 0.1) is 14.2 Å². The third kappa shape index (κ3) is 4.62. The number of aromatic hydroxyl groups is 1. The molecule has 0 aliphatic carbocycles. The summed E-state index contributed by atoms with van der Waals surface area (Å²) in [7, 11) is 0. The molecule has 0 saturated carbocycles. The van der Waals surface area contributed by atoms with Crippen LogP contribution in [0.2, 0.25) is 0 Å². The first-order valence-electron chi connectivity index (χ1n) is 7.48. The van der Waals surface area contributed by atoms with E-state index in [1.807, 2.05) is 24.3 Å². The number of alkyl halides is 3. The van der Waals surface area contributed by atoms with Gasteiger partial charge < -0.3 is 5.11 Å². The van der Waals surface area contributed by atoms with Gasteiger partial charge in [0, 0.05) is 17.5 Å². The zero-order valence-electron chi connectivity index (χ0n) is 13.2. The molecule has 3 aromatic rings. The fourth-order valence-electron chi connectivity index (χ4n) is 2.35. The second kappa shape index (κ2) is 8.04. The molecule has 0 aliphatic heterocycles. The molecule has 26 heavy (non-hydrogen) atoms. The van der Waals surface area contributed by atoms with E-state index in [2.05, 4.69) is 20.7 Å². The largest absolute Gasteiger partial charge is 0.506 e. The number of hydrogen-bond donors (Lipinski definition) is 2. The van der Waals surface area contributed by atoms with Gasteiger partial charge in [0.15, 0.2) is 0 Å². The molecule has 0 atom stereocenters. The van der Waals surface area contributed by atoms with Crippen LogP contribution in [0.1, 0.15) is 11.1 Å². The molecule has 3 rings (SSSR count). The van der Waals surface area contributed by atoms with Crippen molar-refractivity contribution in [3.05, 3.63) is 69.5 Å². The lowest BCUT2D eigenvalue weighted by atomic mass is 10.1. The van der Waals surface area contributed by atoms with Gasteiger partial charge >= 0.3 is 6.18 Å². The zero-order valence-corrected chi connectivity index (χ0v) is 16.4. The van der Waals surface area contributed by atoms with Gasteiger partial charge in [0.2, 0.25) is 0 Å². The Bertz CT molecular complexity index is 894. The predicted molar refractivity (Wildman–Crippen MR) is 103 cm³/mol. The Morgan fingerprint density at radius 3 is 2.38 bits per heavy atom. The monoisotopic (exact) mass is 459 g/mol. The van der Waals surface area contributed by atoms with E-state index >= 15 is 0 Å². The van der Waals surface area contributed by atoms with Gasteiger partial charge in [-0.25, -0.2) is 0 Å². The molecule has 0 radical (unpaired) electrons. The molecule has 1 heterocycles. The van der Waals surface area contributed by atoms with Crippen LogP contribution in [0.3, 0.4) is 0 Å². The molecule has 0 fully saturated rings. The Labute approximate surface area is 165 Å². The normalized spacial score (nSPS) is 11.7. The number of rotatable bonds is 5. The highest BCUT2D eigenvalue weighted by Gasteiger charge is 2.29. The van der Waals surface area contributed by atoms with Crippen LogP contribution in [0.5, 0.6) is 5.75 Å². The van der Waals surface area contributed by atoms with Crippen molar-refractivity contribution in [3.63, 3.8) is 0 Å². The van der Waals surface area contributed by atoms with Crippen LogP contribution in [-0.4, -0.2) is 5.11 Å². The third-order valence-electron chi connectivity index (χ3n) is 3.58. The minimum absolute atomic E-state index is 0.213. The molecule has 0 amide bonds. The third-order valence-corrected chi connectivity index (χ3v) is 6.04. The molecule has 2 nitrogen and oxygen atoms in total. The molecule has 1 aromatic heterocycles. The van der Waals surface area contributed by atoms with Gasteiger partial charge in [-0.05, 0) is 63.3 Å². The maximum absolute atomic E-state index is 12.6. The summed E-state index contributed by atoms with van der Waals surface area (Å²) in [6, 6.07) is 14.3. The fraction of sp³-hybridized carbons (Fsp3) is 0.111. The molecule has 0 saturated heterocycles. The molecule has 0 spiro atoms. The van der Waals surface area contributed by atoms with Gasteiger partial charge in [0.1, 0.15) is 5.75 Å². The van der Waals surface area contributed by atoms with Crippen LogP contribution >= 0.6 is 39.2 Å². The molecular formula is C18H13BrF3NOS2. The highest BCUT2D eigenvalue weighted by atomic mass is 79.9. The smallest absolute Gasteiger partial charge is 0.416 e. The molecule has 2 aromatic carbocycles. The van der Waals surface area contributed by atoms with Crippen molar-refractivity contribution in [3.8, 4) is 16.2 Å². The van der Waals surface area contributed by atoms with Crippen molar-refractivity contribution in [1.82, 2.24) is 4.72 Å². The summed E-state index contributed by atoms with van der Waals surface area (Å²) in [6.45, 7) is 0.497. The summed E-state index contributed by atoms with van der Waals surface area (Å²) in [5.41, 5.74) is 1.24. The van der Waals surface area contributed by atoms with Crippen LogP contribution in [0.4, 0.5) is 13.2 Å². The lowest BCUT2D eigenvalue weighted by Crippen LogP contribution is -2.06. The molecule has 0 bridgehead atoms. The molecule has 8 heteroatoms. The number of halogens is 4. The Kier molecular flexibility index (Phi) is 5.96. The molecular weight excluding hydrogens is 447 g/mol. The minimum atomic E-state index is -4.33. The Balaban J connectivity index is 1.68. The number of hydrogen-bond acceptors (Lipinski definition) is 4. The van der Waals surface area contributed by atoms with Gasteiger partial charge in [-0.15, -0.1) is 11.3 Å². The zero-order chi connectivity index (χ0) is 18.7. The average molecular weight is 460 g/mol. The summed E-state index contributed by atoms with van der Waals surface area (Å²) in [4.78, 5) is 1.46. The standard InChI is InChI=1S/C18H13BrF3NOS2/c19-16-9-15(24)17(25-16)14-4-2-1-3-11(14)10-23-26-13-7-5-12(6-8-13)18(20,21)22/h1-9,23-24H,10H2. The van der Waals surface area contributed by atoms with Gasteiger partial charge in [-0.2, -0.15) is 13.2 Å². The summed E-state index contributed by atoms with van der Waals surface area (Å²) in [5.74, 6) is 0.213. The van der Waals surface area contributed by atoms with E-state index in [0.717, 1.165) is 31.9 Å². The summed E-state index contributed by atoms with van der Waals surface area (Å²) < 4.78 is 41.8. The Morgan fingerprint density at radius 2 is 1.77 bits per heavy atom. The van der Waals surface area contributed by atoms with Crippen LogP contribution < -0.4 is 4.72 Å². The summed E-state index contributed by atoms with van der Waals surface area (Å²) in [5, 5.41) is 10.1. The van der Waals surface area contributed by atoms with Crippen LogP contribution in [-0.2, 0) is 12.7 Å². The van der Waals surface area contributed by atoms with Crippen molar-refractivity contribution in [2.75, 3.05) is 0 Å². The first-order valence-corrected chi connectivity index (χ1v) is 9.91. The van der Waals surface area contributed by atoms with Crippen molar-refractivity contribution >= 4 is 39.2 Å².